The number of carboxylic acids is 1. The number of hydrogen-bond acceptors (Lipinski definition) is 3. The highest BCUT2D eigenvalue weighted by Crippen LogP contribution is 2.12. The van der Waals surface area contributed by atoms with E-state index < -0.39 is 5.97 Å². The Labute approximate surface area is 237 Å². The van der Waals surface area contributed by atoms with Crippen molar-refractivity contribution in [3.05, 3.63) is 12.2 Å². The van der Waals surface area contributed by atoms with Crippen molar-refractivity contribution in [2.45, 2.75) is 188 Å². The van der Waals surface area contributed by atoms with Crippen molar-refractivity contribution in [3.63, 3.8) is 0 Å². The van der Waals surface area contributed by atoms with Gasteiger partial charge in [0.1, 0.15) is 0 Å². The standard InChI is InChI=1S/C18H34O2.C16H32O2/c1-2-3-4-5-6-7-8-9-10-11-12-13-14-15-16-17-18(19)20;1-3-5-6-7-8-9-10-11-12-13-14-15-16(17)18-4-2/h9-10H,2-8,11-17H2,1H3,(H,19,20);3-15H2,1-2H3/b10-9-;. The first-order valence-corrected chi connectivity index (χ1v) is 16.6. The molecule has 1 N–H and O–H groups in total. The van der Waals surface area contributed by atoms with Gasteiger partial charge in [0.05, 0.1) is 6.61 Å². The van der Waals surface area contributed by atoms with Crippen molar-refractivity contribution in [1.82, 2.24) is 0 Å². The maximum atomic E-state index is 11.1. The fourth-order valence-electron chi connectivity index (χ4n) is 4.51. The van der Waals surface area contributed by atoms with Gasteiger partial charge in [-0.15, -0.1) is 0 Å². The van der Waals surface area contributed by atoms with Crippen LogP contribution in [-0.4, -0.2) is 23.7 Å². The van der Waals surface area contributed by atoms with E-state index in [1.807, 2.05) is 6.92 Å². The number of carbonyl (C=O) groups is 2. The van der Waals surface area contributed by atoms with Crippen molar-refractivity contribution in [3.8, 4) is 0 Å². The number of aliphatic carboxylic acids is 1. The summed E-state index contributed by atoms with van der Waals surface area (Å²) < 4.78 is 4.89. The van der Waals surface area contributed by atoms with Gasteiger partial charge in [0.25, 0.3) is 0 Å². The van der Waals surface area contributed by atoms with Crippen LogP contribution in [0.3, 0.4) is 0 Å². The van der Waals surface area contributed by atoms with Gasteiger partial charge >= 0.3 is 11.9 Å². The molecule has 0 heterocycles. The minimum Gasteiger partial charge on any atom is -0.481 e. The van der Waals surface area contributed by atoms with Crippen molar-refractivity contribution in [2.75, 3.05) is 6.61 Å². The number of rotatable bonds is 28. The van der Waals surface area contributed by atoms with Crippen LogP contribution >= 0.6 is 0 Å². The minimum atomic E-state index is -0.664. The Balaban J connectivity index is 0. The summed E-state index contributed by atoms with van der Waals surface area (Å²) in [6, 6.07) is 0. The average Bonchev–Trinajstić information content (AvgIpc) is 2.90. The highest BCUT2D eigenvalue weighted by atomic mass is 16.5. The highest BCUT2D eigenvalue weighted by molar-refractivity contribution is 5.69. The van der Waals surface area contributed by atoms with Crippen molar-refractivity contribution in [1.29, 1.82) is 0 Å². The third-order valence-electron chi connectivity index (χ3n) is 6.94. The molecule has 0 atom stereocenters. The molecule has 0 aromatic rings. The van der Waals surface area contributed by atoms with Crippen LogP contribution in [0.1, 0.15) is 188 Å². The molecule has 0 saturated carbocycles. The lowest BCUT2D eigenvalue weighted by atomic mass is 10.1. The van der Waals surface area contributed by atoms with Crippen molar-refractivity contribution in [2.24, 2.45) is 0 Å². The van der Waals surface area contributed by atoms with Gasteiger partial charge in [-0.05, 0) is 45.4 Å². The zero-order valence-corrected chi connectivity index (χ0v) is 25.9. The Morgan fingerprint density at radius 1 is 0.500 bits per heavy atom. The van der Waals surface area contributed by atoms with Crippen LogP contribution in [0.2, 0.25) is 0 Å². The van der Waals surface area contributed by atoms with Crippen LogP contribution in [-0.2, 0) is 14.3 Å². The molecule has 0 saturated heterocycles. The molecule has 0 bridgehead atoms. The molecule has 0 unspecified atom stereocenters. The van der Waals surface area contributed by atoms with Gasteiger partial charge in [-0.2, -0.15) is 0 Å². The Morgan fingerprint density at radius 2 is 0.842 bits per heavy atom. The second-order valence-electron chi connectivity index (χ2n) is 10.8. The topological polar surface area (TPSA) is 63.6 Å². The summed E-state index contributed by atoms with van der Waals surface area (Å²) in [5.41, 5.74) is 0. The van der Waals surface area contributed by atoms with Crippen LogP contribution in [0.25, 0.3) is 0 Å². The minimum absolute atomic E-state index is 0.0339. The molecular formula is C34H66O4. The Morgan fingerprint density at radius 3 is 1.21 bits per heavy atom. The number of esters is 1. The van der Waals surface area contributed by atoms with Crippen molar-refractivity contribution < 1.29 is 19.4 Å². The normalized spacial score (nSPS) is 10.9. The summed E-state index contributed by atoms with van der Waals surface area (Å²) in [4.78, 5) is 21.4. The third-order valence-corrected chi connectivity index (χ3v) is 6.94. The lowest BCUT2D eigenvalue weighted by Gasteiger charge is -2.03. The van der Waals surface area contributed by atoms with E-state index in [2.05, 4.69) is 26.0 Å². The number of hydrogen-bond donors (Lipinski definition) is 1. The van der Waals surface area contributed by atoms with Gasteiger partial charge in [0.2, 0.25) is 0 Å². The summed E-state index contributed by atoms with van der Waals surface area (Å²) in [6.07, 6.45) is 36.3. The van der Waals surface area contributed by atoms with Crippen LogP contribution in [0.15, 0.2) is 12.2 Å². The molecule has 4 heteroatoms. The largest absolute Gasteiger partial charge is 0.481 e. The van der Waals surface area contributed by atoms with Crippen LogP contribution < -0.4 is 0 Å². The Bertz CT molecular complexity index is 501. The van der Waals surface area contributed by atoms with E-state index >= 15 is 0 Å². The third kappa shape index (κ3) is 39.2. The number of unbranched alkanes of at least 4 members (excludes halogenated alkanes) is 21. The molecule has 0 aromatic carbocycles. The molecule has 0 rings (SSSR count). The molecule has 0 aliphatic rings. The van der Waals surface area contributed by atoms with E-state index in [4.69, 9.17) is 9.84 Å². The van der Waals surface area contributed by atoms with E-state index in [0.29, 0.717) is 19.4 Å². The lowest BCUT2D eigenvalue weighted by Crippen LogP contribution is -2.03. The van der Waals surface area contributed by atoms with Gasteiger partial charge in [-0.25, -0.2) is 0 Å². The molecule has 226 valence electrons. The average molecular weight is 539 g/mol. The summed E-state index contributed by atoms with van der Waals surface area (Å²) >= 11 is 0. The van der Waals surface area contributed by atoms with Crippen LogP contribution in [0, 0.1) is 0 Å². The molecule has 0 aromatic heterocycles. The van der Waals surface area contributed by atoms with Crippen LogP contribution in [0.4, 0.5) is 0 Å². The van der Waals surface area contributed by atoms with E-state index in [-0.39, 0.29) is 5.97 Å². The first-order valence-electron chi connectivity index (χ1n) is 16.6. The SMILES string of the molecule is CCCCCCCC/C=C\CCCCCCCC(=O)O.CCCCCCCCCCCCCC(=O)OCC. The predicted molar refractivity (Wildman–Crippen MR) is 165 cm³/mol. The Kier molecular flexibility index (Phi) is 36.5. The predicted octanol–water partition coefficient (Wildman–Crippen LogP) is 11.4. The molecule has 0 fully saturated rings. The quantitative estimate of drug-likeness (QED) is 0.0611. The Hall–Kier alpha value is -1.32. The van der Waals surface area contributed by atoms with E-state index in [1.54, 1.807) is 0 Å². The van der Waals surface area contributed by atoms with Crippen molar-refractivity contribution >= 4 is 11.9 Å². The molecule has 0 aliphatic carbocycles. The highest BCUT2D eigenvalue weighted by Gasteiger charge is 2.00. The summed E-state index contributed by atoms with van der Waals surface area (Å²) in [5, 5.41) is 8.51. The smallest absolute Gasteiger partial charge is 0.305 e. The number of carbonyl (C=O) groups excluding carboxylic acids is 1. The zero-order chi connectivity index (χ0) is 28.4. The van der Waals surface area contributed by atoms with Gasteiger partial charge in [-0.3, -0.25) is 9.59 Å². The summed E-state index contributed by atoms with van der Waals surface area (Å²) in [7, 11) is 0. The maximum Gasteiger partial charge on any atom is 0.305 e. The van der Waals surface area contributed by atoms with E-state index in [1.165, 1.54) is 135 Å². The van der Waals surface area contributed by atoms with E-state index in [9.17, 15) is 9.59 Å². The maximum absolute atomic E-state index is 11.1. The molecule has 0 spiro atoms. The molecule has 0 aliphatic heterocycles. The summed E-state index contributed by atoms with van der Waals surface area (Å²) in [6.45, 7) is 6.89. The van der Waals surface area contributed by atoms with Gasteiger partial charge in [0.15, 0.2) is 0 Å². The van der Waals surface area contributed by atoms with E-state index in [0.717, 1.165) is 19.3 Å². The first kappa shape index (κ1) is 38.8. The summed E-state index contributed by atoms with van der Waals surface area (Å²) in [5.74, 6) is -0.698. The monoisotopic (exact) mass is 538 g/mol. The number of carboxylic acid groups (broad SMARTS) is 1. The second-order valence-corrected chi connectivity index (χ2v) is 10.8. The number of ether oxygens (including phenoxy) is 1. The lowest BCUT2D eigenvalue weighted by molar-refractivity contribution is -0.143. The van der Waals surface area contributed by atoms with Gasteiger partial charge in [0, 0.05) is 12.8 Å². The second kappa shape index (κ2) is 35.7. The molecule has 38 heavy (non-hydrogen) atoms. The zero-order valence-electron chi connectivity index (χ0n) is 25.9. The van der Waals surface area contributed by atoms with Gasteiger partial charge in [-0.1, -0.05) is 142 Å². The first-order chi connectivity index (χ1) is 18.6. The van der Waals surface area contributed by atoms with Gasteiger partial charge < -0.3 is 9.84 Å². The molecular weight excluding hydrogens is 472 g/mol. The fourth-order valence-corrected chi connectivity index (χ4v) is 4.51. The molecule has 4 nitrogen and oxygen atoms in total. The van der Waals surface area contributed by atoms with Crippen LogP contribution in [0.5, 0.6) is 0 Å². The molecule has 0 amide bonds. The number of allylic oxidation sites excluding steroid dienone is 2. The molecule has 0 radical (unpaired) electrons. The fraction of sp³-hybridized carbons (Fsp3) is 0.882.